The van der Waals surface area contributed by atoms with E-state index in [-0.39, 0.29) is 8.11 Å². The molecule has 0 atom stereocenters. The van der Waals surface area contributed by atoms with Crippen molar-refractivity contribution in [1.29, 1.82) is 0 Å². The largest absolute Gasteiger partial charge is 0.469 e. The fourth-order valence-corrected chi connectivity index (χ4v) is 0.941. The zero-order valence-electron chi connectivity index (χ0n) is 5.36. The van der Waals surface area contributed by atoms with Crippen molar-refractivity contribution in [3.8, 4) is 0 Å². The summed E-state index contributed by atoms with van der Waals surface area (Å²) in [7, 11) is 1.38. The van der Waals surface area contributed by atoms with E-state index in [0.29, 0.717) is 12.8 Å². The Kier molecular flexibility index (Phi) is 5.15. The van der Waals surface area contributed by atoms with E-state index in [1.54, 1.807) is 0 Å². The standard InChI is InChI=1S/C5H7Br3O2/c1-10-4(9)2-3-5(6,7)8/h2-3H2,1H3. The lowest BCUT2D eigenvalue weighted by molar-refractivity contribution is -0.140. The van der Waals surface area contributed by atoms with Crippen LogP contribution < -0.4 is 0 Å². The van der Waals surface area contributed by atoms with E-state index < -0.39 is 0 Å². The molecule has 0 radical (unpaired) electrons. The van der Waals surface area contributed by atoms with Gasteiger partial charge in [0.25, 0.3) is 0 Å². The first-order valence-corrected chi connectivity index (χ1v) is 4.97. The van der Waals surface area contributed by atoms with Crippen LogP contribution in [0.4, 0.5) is 0 Å². The number of esters is 1. The predicted molar refractivity (Wildman–Crippen MR) is 50.8 cm³/mol. The molecule has 0 fully saturated rings. The van der Waals surface area contributed by atoms with Gasteiger partial charge in [0.05, 0.1) is 7.11 Å². The third kappa shape index (κ3) is 7.02. The molecular weight excluding hydrogens is 332 g/mol. The van der Waals surface area contributed by atoms with Gasteiger partial charge in [-0.05, 0) is 6.42 Å². The average Bonchev–Trinajstić information content (AvgIpc) is 1.81. The van der Waals surface area contributed by atoms with Gasteiger partial charge < -0.3 is 4.74 Å². The summed E-state index contributed by atoms with van der Waals surface area (Å²) in [6, 6.07) is 0. The molecule has 0 rings (SSSR count). The molecule has 0 spiro atoms. The Morgan fingerprint density at radius 3 is 2.30 bits per heavy atom. The topological polar surface area (TPSA) is 26.3 Å². The minimum absolute atomic E-state index is 0.206. The smallest absolute Gasteiger partial charge is 0.305 e. The Hall–Kier alpha value is 0.910. The first kappa shape index (κ1) is 10.9. The Bertz CT molecular complexity index is 119. The molecule has 0 aromatic carbocycles. The van der Waals surface area contributed by atoms with Crippen molar-refractivity contribution in [2.45, 2.75) is 15.0 Å². The van der Waals surface area contributed by atoms with Gasteiger partial charge in [0.2, 0.25) is 0 Å². The summed E-state index contributed by atoms with van der Waals surface area (Å²) in [5.74, 6) is -0.206. The van der Waals surface area contributed by atoms with Gasteiger partial charge in [0, 0.05) is 6.42 Å². The number of ether oxygens (including phenoxy) is 1. The maximum absolute atomic E-state index is 10.6. The van der Waals surface area contributed by atoms with Gasteiger partial charge in [-0.1, -0.05) is 47.8 Å². The fraction of sp³-hybridized carbons (Fsp3) is 0.800. The number of carbonyl (C=O) groups is 1. The lowest BCUT2D eigenvalue weighted by atomic mass is 10.3. The molecule has 0 N–H and O–H groups in total. The molecule has 0 bridgehead atoms. The van der Waals surface area contributed by atoms with E-state index in [0.717, 1.165) is 0 Å². The van der Waals surface area contributed by atoms with Crippen LogP contribution in [0.2, 0.25) is 0 Å². The zero-order valence-corrected chi connectivity index (χ0v) is 10.1. The fourth-order valence-electron chi connectivity index (χ4n) is 0.346. The summed E-state index contributed by atoms with van der Waals surface area (Å²) < 4.78 is 4.11. The third-order valence-corrected chi connectivity index (χ3v) is 2.03. The monoisotopic (exact) mass is 336 g/mol. The lowest BCUT2D eigenvalue weighted by Gasteiger charge is -2.09. The van der Waals surface area contributed by atoms with Gasteiger partial charge in [-0.2, -0.15) is 0 Å². The number of methoxy groups -OCH3 is 1. The quantitative estimate of drug-likeness (QED) is 0.571. The van der Waals surface area contributed by atoms with Crippen LogP contribution in [0, 0.1) is 0 Å². The zero-order chi connectivity index (χ0) is 8.20. The molecule has 60 valence electrons. The highest BCUT2D eigenvalue weighted by Gasteiger charge is 2.18. The molecular formula is C5H7Br3O2. The maximum atomic E-state index is 10.6. The number of hydrogen-bond donors (Lipinski definition) is 0. The van der Waals surface area contributed by atoms with Gasteiger partial charge in [0.1, 0.15) is 2.14 Å². The molecule has 0 heterocycles. The minimum Gasteiger partial charge on any atom is -0.469 e. The van der Waals surface area contributed by atoms with Crippen LogP contribution in [0.15, 0.2) is 0 Å². The predicted octanol–water partition coefficient (Wildman–Crippen LogP) is 2.78. The normalized spacial score (nSPS) is 11.2. The van der Waals surface area contributed by atoms with Crippen LogP contribution in [-0.2, 0) is 9.53 Å². The van der Waals surface area contributed by atoms with Crippen molar-refractivity contribution in [3.63, 3.8) is 0 Å². The van der Waals surface area contributed by atoms with Crippen LogP contribution in [0.3, 0.4) is 0 Å². The molecule has 0 aliphatic heterocycles. The van der Waals surface area contributed by atoms with E-state index in [4.69, 9.17) is 0 Å². The Balaban J connectivity index is 3.46. The molecule has 5 heteroatoms. The highest BCUT2D eigenvalue weighted by atomic mass is 80.0. The summed E-state index contributed by atoms with van der Waals surface area (Å²) in [4.78, 5) is 10.6. The molecule has 10 heavy (non-hydrogen) atoms. The number of hydrogen-bond acceptors (Lipinski definition) is 2. The van der Waals surface area contributed by atoms with E-state index in [2.05, 4.69) is 52.5 Å². The molecule has 0 aromatic heterocycles. The first-order chi connectivity index (χ1) is 4.45. The SMILES string of the molecule is COC(=O)CCC(Br)(Br)Br. The van der Waals surface area contributed by atoms with Crippen LogP contribution in [0.1, 0.15) is 12.8 Å². The van der Waals surface area contributed by atoms with Crippen molar-refractivity contribution in [2.75, 3.05) is 7.11 Å². The van der Waals surface area contributed by atoms with Gasteiger partial charge in [-0.25, -0.2) is 0 Å². The Morgan fingerprint density at radius 2 is 2.00 bits per heavy atom. The van der Waals surface area contributed by atoms with Gasteiger partial charge >= 0.3 is 5.97 Å². The van der Waals surface area contributed by atoms with Crippen LogP contribution in [0.25, 0.3) is 0 Å². The van der Waals surface area contributed by atoms with Crippen molar-refractivity contribution < 1.29 is 9.53 Å². The van der Waals surface area contributed by atoms with E-state index in [1.165, 1.54) is 7.11 Å². The summed E-state index contributed by atoms with van der Waals surface area (Å²) >= 11 is 9.79. The second kappa shape index (κ2) is 4.72. The Labute approximate surface area is 85.1 Å². The third-order valence-electron chi connectivity index (χ3n) is 0.840. The minimum atomic E-state index is -0.332. The number of rotatable bonds is 2. The molecule has 0 aromatic rings. The summed E-state index contributed by atoms with van der Waals surface area (Å²) in [6.07, 6.45) is 1.03. The van der Waals surface area contributed by atoms with Crippen LogP contribution >= 0.6 is 47.8 Å². The lowest BCUT2D eigenvalue weighted by Crippen LogP contribution is -2.06. The highest BCUT2D eigenvalue weighted by molar-refractivity contribution is 9.39. The van der Waals surface area contributed by atoms with Crippen molar-refractivity contribution >= 4 is 53.8 Å². The Morgan fingerprint density at radius 1 is 1.50 bits per heavy atom. The molecule has 0 unspecified atom stereocenters. The van der Waals surface area contributed by atoms with Gasteiger partial charge in [0.15, 0.2) is 0 Å². The molecule has 0 saturated carbocycles. The van der Waals surface area contributed by atoms with Crippen molar-refractivity contribution in [1.82, 2.24) is 0 Å². The van der Waals surface area contributed by atoms with E-state index in [1.807, 2.05) is 0 Å². The van der Waals surface area contributed by atoms with Crippen LogP contribution in [0.5, 0.6) is 0 Å². The van der Waals surface area contributed by atoms with Crippen molar-refractivity contribution in [2.24, 2.45) is 0 Å². The highest BCUT2D eigenvalue weighted by Crippen LogP contribution is 2.37. The molecule has 2 nitrogen and oxygen atoms in total. The van der Waals surface area contributed by atoms with E-state index >= 15 is 0 Å². The van der Waals surface area contributed by atoms with Gasteiger partial charge in [-0.3, -0.25) is 4.79 Å². The number of halogens is 3. The van der Waals surface area contributed by atoms with Crippen molar-refractivity contribution in [3.05, 3.63) is 0 Å². The molecule has 0 amide bonds. The second-order valence-electron chi connectivity index (χ2n) is 1.69. The number of alkyl halides is 3. The molecule has 0 saturated heterocycles. The molecule has 0 aliphatic rings. The average molecular weight is 339 g/mol. The second-order valence-corrected chi connectivity index (χ2v) is 8.94. The summed E-state index contributed by atoms with van der Waals surface area (Å²) in [5, 5.41) is 0. The van der Waals surface area contributed by atoms with Crippen LogP contribution in [-0.4, -0.2) is 15.2 Å². The number of carbonyl (C=O) groups excluding carboxylic acids is 1. The summed E-state index contributed by atoms with van der Waals surface area (Å²) in [5.41, 5.74) is 0. The maximum Gasteiger partial charge on any atom is 0.305 e. The first-order valence-electron chi connectivity index (χ1n) is 2.59. The molecule has 0 aliphatic carbocycles. The van der Waals surface area contributed by atoms with Gasteiger partial charge in [-0.15, -0.1) is 0 Å². The van der Waals surface area contributed by atoms with E-state index in [9.17, 15) is 4.79 Å². The summed E-state index contributed by atoms with van der Waals surface area (Å²) in [6.45, 7) is 0.